The van der Waals surface area contributed by atoms with Crippen LogP contribution in [-0.4, -0.2) is 22.1 Å². The van der Waals surface area contributed by atoms with Crippen LogP contribution in [0.4, 0.5) is 0 Å². The number of benzene rings is 1. The van der Waals surface area contributed by atoms with Crippen LogP contribution < -0.4 is 4.74 Å². The Morgan fingerprint density at radius 1 is 1.18 bits per heavy atom. The molecule has 0 aliphatic heterocycles. The van der Waals surface area contributed by atoms with Crippen LogP contribution in [0.2, 0.25) is 0 Å². The molecule has 3 rings (SSSR count). The van der Waals surface area contributed by atoms with Gasteiger partial charge in [0.25, 0.3) is 0 Å². The van der Waals surface area contributed by atoms with Gasteiger partial charge < -0.3 is 4.74 Å². The smallest absolute Gasteiger partial charge is 0.155 e. The van der Waals surface area contributed by atoms with Crippen molar-refractivity contribution >= 4 is 21.6 Å². The number of nitrogens with zero attached hydrogens (tertiary/aromatic N) is 3. The molecule has 0 atom stereocenters. The van der Waals surface area contributed by atoms with E-state index in [9.17, 15) is 0 Å². The number of ether oxygens (including phenoxy) is 1. The molecule has 17 heavy (non-hydrogen) atoms. The van der Waals surface area contributed by atoms with Crippen LogP contribution in [0.15, 0.2) is 36.2 Å². The standard InChI is InChI=1S/C12H9N3OS/c1-16-12-8(9-6-13-4-5-14-9)2-3-10-11(12)15-7-17-10/h2-7H,1H3. The Labute approximate surface area is 102 Å². The monoisotopic (exact) mass is 243 g/mol. The molecule has 0 aliphatic rings. The van der Waals surface area contributed by atoms with Gasteiger partial charge in [-0.15, -0.1) is 11.3 Å². The molecule has 0 saturated carbocycles. The van der Waals surface area contributed by atoms with Crippen molar-refractivity contribution in [3.8, 4) is 17.0 Å². The number of methoxy groups -OCH3 is 1. The van der Waals surface area contributed by atoms with Crippen LogP contribution in [0.3, 0.4) is 0 Å². The van der Waals surface area contributed by atoms with Crippen LogP contribution in [0.25, 0.3) is 21.5 Å². The molecule has 2 heterocycles. The summed E-state index contributed by atoms with van der Waals surface area (Å²) in [5.41, 5.74) is 4.40. The van der Waals surface area contributed by atoms with E-state index in [2.05, 4.69) is 15.0 Å². The summed E-state index contributed by atoms with van der Waals surface area (Å²) in [7, 11) is 1.65. The minimum atomic E-state index is 0.754. The van der Waals surface area contributed by atoms with Crippen molar-refractivity contribution in [1.29, 1.82) is 0 Å². The second-order valence-electron chi connectivity index (χ2n) is 3.44. The number of fused-ring (bicyclic) bond motifs is 1. The van der Waals surface area contributed by atoms with Crippen molar-refractivity contribution < 1.29 is 4.74 Å². The number of thiazole rings is 1. The Hall–Kier alpha value is -2.01. The fourth-order valence-corrected chi connectivity index (χ4v) is 2.43. The molecule has 0 amide bonds. The molecule has 1 aromatic carbocycles. The predicted octanol–water partition coefficient (Wildman–Crippen LogP) is 2.76. The fraction of sp³-hybridized carbons (Fsp3) is 0.0833. The van der Waals surface area contributed by atoms with Gasteiger partial charge in [-0.25, -0.2) is 4.98 Å². The lowest BCUT2D eigenvalue weighted by Gasteiger charge is -2.07. The maximum absolute atomic E-state index is 5.45. The third-order valence-corrected chi connectivity index (χ3v) is 3.29. The Balaban J connectivity index is 2.29. The van der Waals surface area contributed by atoms with Crippen molar-refractivity contribution in [3.63, 3.8) is 0 Å². The highest BCUT2D eigenvalue weighted by Gasteiger charge is 2.12. The summed E-state index contributed by atoms with van der Waals surface area (Å²) in [4.78, 5) is 12.7. The molecular weight excluding hydrogens is 234 g/mol. The zero-order chi connectivity index (χ0) is 11.7. The quantitative estimate of drug-likeness (QED) is 0.694. The molecule has 84 valence electrons. The van der Waals surface area contributed by atoms with Gasteiger partial charge in [0.2, 0.25) is 0 Å². The first-order valence-corrected chi connectivity index (χ1v) is 5.94. The third-order valence-electron chi connectivity index (χ3n) is 2.50. The van der Waals surface area contributed by atoms with Crippen molar-refractivity contribution in [2.45, 2.75) is 0 Å². The molecule has 4 nitrogen and oxygen atoms in total. The molecule has 0 aliphatic carbocycles. The van der Waals surface area contributed by atoms with Gasteiger partial charge in [-0.05, 0) is 12.1 Å². The van der Waals surface area contributed by atoms with Gasteiger partial charge in [-0.3, -0.25) is 9.97 Å². The summed E-state index contributed by atoms with van der Waals surface area (Å²) in [6.45, 7) is 0. The van der Waals surface area contributed by atoms with E-state index in [0.29, 0.717) is 0 Å². The van der Waals surface area contributed by atoms with Crippen LogP contribution in [0.5, 0.6) is 5.75 Å². The molecule has 0 N–H and O–H groups in total. The summed E-state index contributed by atoms with van der Waals surface area (Å²) in [6.07, 6.45) is 5.04. The van der Waals surface area contributed by atoms with E-state index in [1.54, 1.807) is 37.0 Å². The average molecular weight is 243 g/mol. The van der Waals surface area contributed by atoms with Gasteiger partial charge in [0, 0.05) is 18.0 Å². The van der Waals surface area contributed by atoms with E-state index < -0.39 is 0 Å². The number of rotatable bonds is 2. The van der Waals surface area contributed by atoms with E-state index in [-0.39, 0.29) is 0 Å². The van der Waals surface area contributed by atoms with Gasteiger partial charge >= 0.3 is 0 Å². The Bertz CT molecular complexity index is 651. The summed E-state index contributed by atoms with van der Waals surface area (Å²) < 4.78 is 6.55. The first-order chi connectivity index (χ1) is 8.40. The van der Waals surface area contributed by atoms with E-state index >= 15 is 0 Å². The Morgan fingerprint density at radius 2 is 2.12 bits per heavy atom. The summed E-state index contributed by atoms with van der Waals surface area (Å²) in [5, 5.41) is 0. The molecular formula is C12H9N3OS. The molecule has 0 unspecified atom stereocenters. The lowest BCUT2D eigenvalue weighted by Crippen LogP contribution is -1.91. The van der Waals surface area contributed by atoms with Crippen LogP contribution in [0, 0.1) is 0 Å². The highest BCUT2D eigenvalue weighted by atomic mass is 32.1. The van der Waals surface area contributed by atoms with Gasteiger partial charge in [-0.1, -0.05) is 0 Å². The molecule has 3 aromatic rings. The zero-order valence-corrected chi connectivity index (χ0v) is 9.94. The number of hydrogen-bond donors (Lipinski definition) is 0. The van der Waals surface area contributed by atoms with E-state index in [1.165, 1.54) is 0 Å². The van der Waals surface area contributed by atoms with Gasteiger partial charge in [0.15, 0.2) is 5.75 Å². The average Bonchev–Trinajstić information content (AvgIpc) is 2.86. The molecule has 0 bridgehead atoms. The first kappa shape index (κ1) is 10.2. The lowest BCUT2D eigenvalue weighted by molar-refractivity contribution is 0.420. The summed E-state index contributed by atoms with van der Waals surface area (Å²) in [6, 6.07) is 4.02. The predicted molar refractivity (Wildman–Crippen MR) is 67.2 cm³/mol. The summed E-state index contributed by atoms with van der Waals surface area (Å²) in [5.74, 6) is 0.754. The maximum atomic E-state index is 5.45. The SMILES string of the molecule is COc1c(-c2cnccn2)ccc2scnc12. The highest BCUT2D eigenvalue weighted by molar-refractivity contribution is 7.16. The molecule has 0 fully saturated rings. The number of aromatic nitrogens is 3. The van der Waals surface area contributed by atoms with Gasteiger partial charge in [0.1, 0.15) is 5.52 Å². The minimum absolute atomic E-state index is 0.754. The second kappa shape index (κ2) is 4.10. The molecule has 0 radical (unpaired) electrons. The van der Waals surface area contributed by atoms with Gasteiger partial charge in [0.05, 0.1) is 29.2 Å². The summed E-state index contributed by atoms with van der Waals surface area (Å²) >= 11 is 1.59. The van der Waals surface area contributed by atoms with Crippen molar-refractivity contribution in [2.75, 3.05) is 7.11 Å². The number of hydrogen-bond acceptors (Lipinski definition) is 5. The van der Waals surface area contributed by atoms with Crippen LogP contribution in [-0.2, 0) is 0 Å². The minimum Gasteiger partial charge on any atom is -0.494 e. The third kappa shape index (κ3) is 1.64. The Kier molecular flexibility index (Phi) is 2.45. The molecule has 0 saturated heterocycles. The maximum Gasteiger partial charge on any atom is 0.155 e. The van der Waals surface area contributed by atoms with E-state index in [0.717, 1.165) is 27.2 Å². The first-order valence-electron chi connectivity index (χ1n) is 5.06. The largest absolute Gasteiger partial charge is 0.494 e. The normalized spacial score (nSPS) is 10.6. The van der Waals surface area contributed by atoms with E-state index in [4.69, 9.17) is 4.74 Å². The van der Waals surface area contributed by atoms with Crippen molar-refractivity contribution in [2.24, 2.45) is 0 Å². The topological polar surface area (TPSA) is 47.9 Å². The fourth-order valence-electron chi connectivity index (χ4n) is 1.75. The van der Waals surface area contributed by atoms with Crippen LogP contribution in [0.1, 0.15) is 0 Å². The van der Waals surface area contributed by atoms with Crippen molar-refractivity contribution in [1.82, 2.24) is 15.0 Å². The molecule has 5 heteroatoms. The van der Waals surface area contributed by atoms with Crippen molar-refractivity contribution in [3.05, 3.63) is 36.2 Å². The second-order valence-corrected chi connectivity index (χ2v) is 4.32. The Morgan fingerprint density at radius 3 is 2.88 bits per heavy atom. The lowest BCUT2D eigenvalue weighted by atomic mass is 10.1. The molecule has 0 spiro atoms. The van der Waals surface area contributed by atoms with Crippen LogP contribution >= 0.6 is 11.3 Å². The van der Waals surface area contributed by atoms with Gasteiger partial charge in [-0.2, -0.15) is 0 Å². The zero-order valence-electron chi connectivity index (χ0n) is 9.12. The molecule has 2 aromatic heterocycles. The highest BCUT2D eigenvalue weighted by Crippen LogP contribution is 2.36. The van der Waals surface area contributed by atoms with E-state index in [1.807, 2.05) is 17.6 Å².